The molecule has 0 atom stereocenters. The number of rotatable bonds is 1. The molecule has 2 rings (SSSR count). The molecule has 0 spiro atoms. The lowest BCUT2D eigenvalue weighted by Crippen LogP contribution is -2.37. The Bertz CT molecular complexity index is 379. The standard InChI is InChI=1S/C11H15NOSi.CH4/c1-14(2,3)11-8-9-6-4-5-7-10(9)13-12-11;/h4-8,12H,1-3H3;1H4. The van der Waals surface area contributed by atoms with Gasteiger partial charge in [0.2, 0.25) is 0 Å². The Hall–Kier alpha value is -1.22. The Kier molecular flexibility index (Phi) is 3.24. The van der Waals surface area contributed by atoms with Crippen molar-refractivity contribution in [2.45, 2.75) is 27.1 Å². The largest absolute Gasteiger partial charge is 0.382 e. The van der Waals surface area contributed by atoms with Crippen LogP contribution in [0.15, 0.2) is 29.6 Å². The summed E-state index contributed by atoms with van der Waals surface area (Å²) in [7, 11) is -1.30. The second-order valence-electron chi connectivity index (χ2n) is 4.55. The third-order valence-corrected chi connectivity index (χ3v) is 4.16. The van der Waals surface area contributed by atoms with Crippen LogP contribution in [0.25, 0.3) is 6.08 Å². The van der Waals surface area contributed by atoms with Gasteiger partial charge in [-0.25, -0.2) is 5.48 Å². The van der Waals surface area contributed by atoms with Gasteiger partial charge in [-0.15, -0.1) is 0 Å². The molecule has 1 N–H and O–H groups in total. The molecule has 0 aliphatic carbocycles. The minimum atomic E-state index is -1.30. The van der Waals surface area contributed by atoms with E-state index in [0.29, 0.717) is 0 Å². The molecule has 1 aliphatic rings. The molecule has 15 heavy (non-hydrogen) atoms. The summed E-state index contributed by atoms with van der Waals surface area (Å²) in [5, 5.41) is 1.25. The van der Waals surface area contributed by atoms with E-state index < -0.39 is 8.07 Å². The number of hydroxylamine groups is 1. The van der Waals surface area contributed by atoms with Gasteiger partial charge in [0.15, 0.2) is 5.75 Å². The van der Waals surface area contributed by atoms with E-state index >= 15 is 0 Å². The van der Waals surface area contributed by atoms with Crippen molar-refractivity contribution < 1.29 is 4.84 Å². The monoisotopic (exact) mass is 221 g/mol. The molecule has 1 heterocycles. The Morgan fingerprint density at radius 3 is 2.47 bits per heavy atom. The van der Waals surface area contributed by atoms with Gasteiger partial charge >= 0.3 is 0 Å². The Morgan fingerprint density at radius 1 is 1.13 bits per heavy atom. The molecule has 0 radical (unpaired) electrons. The molecule has 1 aliphatic heterocycles. The zero-order chi connectivity index (χ0) is 10.2. The average Bonchev–Trinajstić information content (AvgIpc) is 2.16. The maximum absolute atomic E-state index is 5.48. The third-order valence-electron chi connectivity index (χ3n) is 2.30. The molecule has 0 unspecified atom stereocenters. The van der Waals surface area contributed by atoms with E-state index in [-0.39, 0.29) is 7.43 Å². The summed E-state index contributed by atoms with van der Waals surface area (Å²) in [5.41, 5.74) is 4.21. The molecule has 0 aromatic heterocycles. The molecule has 0 bridgehead atoms. The molecule has 82 valence electrons. The van der Waals surface area contributed by atoms with E-state index in [0.717, 1.165) is 5.75 Å². The van der Waals surface area contributed by atoms with Crippen molar-refractivity contribution in [2.24, 2.45) is 0 Å². The molecular formula is C12H19NOSi. The summed E-state index contributed by atoms with van der Waals surface area (Å²) in [4.78, 5) is 5.48. The molecular weight excluding hydrogens is 202 g/mol. The second-order valence-corrected chi connectivity index (χ2v) is 9.59. The predicted molar refractivity (Wildman–Crippen MR) is 68.3 cm³/mol. The van der Waals surface area contributed by atoms with Crippen LogP contribution in [0.2, 0.25) is 19.6 Å². The zero-order valence-electron chi connectivity index (χ0n) is 8.79. The van der Waals surface area contributed by atoms with E-state index in [9.17, 15) is 0 Å². The van der Waals surface area contributed by atoms with E-state index in [2.05, 4.69) is 37.3 Å². The van der Waals surface area contributed by atoms with Crippen molar-refractivity contribution in [3.8, 4) is 5.75 Å². The van der Waals surface area contributed by atoms with Crippen molar-refractivity contribution >= 4 is 14.1 Å². The molecule has 1 aromatic carbocycles. The van der Waals surface area contributed by atoms with Crippen LogP contribution in [0, 0.1) is 0 Å². The van der Waals surface area contributed by atoms with E-state index in [1.165, 1.54) is 10.9 Å². The number of hydrogen-bond acceptors (Lipinski definition) is 2. The topological polar surface area (TPSA) is 21.3 Å². The summed E-state index contributed by atoms with van der Waals surface area (Å²) < 4.78 is 0. The Labute approximate surface area is 92.9 Å². The second kappa shape index (κ2) is 4.11. The highest BCUT2D eigenvalue weighted by Crippen LogP contribution is 2.26. The number of benzene rings is 1. The minimum absolute atomic E-state index is 0. The normalized spacial score (nSPS) is 13.9. The predicted octanol–water partition coefficient (Wildman–Crippen LogP) is 3.44. The maximum Gasteiger partial charge on any atom is 0.162 e. The number of hydrogen-bond donors (Lipinski definition) is 1. The zero-order valence-corrected chi connectivity index (χ0v) is 9.79. The Morgan fingerprint density at radius 2 is 1.80 bits per heavy atom. The number of nitrogens with one attached hydrogen (secondary N) is 1. The fraction of sp³-hybridized carbons (Fsp3) is 0.333. The van der Waals surface area contributed by atoms with Gasteiger partial charge in [-0.1, -0.05) is 45.3 Å². The summed E-state index contributed by atoms with van der Waals surface area (Å²) in [5.74, 6) is 0.912. The van der Waals surface area contributed by atoms with Crippen molar-refractivity contribution in [1.29, 1.82) is 0 Å². The first kappa shape index (κ1) is 11.8. The number of para-hydroxylation sites is 1. The molecule has 0 fully saturated rings. The van der Waals surface area contributed by atoms with Gasteiger partial charge in [0.1, 0.15) is 8.07 Å². The third kappa shape index (κ3) is 2.42. The van der Waals surface area contributed by atoms with Crippen LogP contribution >= 0.6 is 0 Å². The van der Waals surface area contributed by atoms with Crippen molar-refractivity contribution in [3.63, 3.8) is 0 Å². The summed E-state index contributed by atoms with van der Waals surface area (Å²) >= 11 is 0. The van der Waals surface area contributed by atoms with Gasteiger partial charge in [0.05, 0.1) is 0 Å². The average molecular weight is 221 g/mol. The molecule has 2 nitrogen and oxygen atoms in total. The molecule has 0 saturated heterocycles. The van der Waals surface area contributed by atoms with Crippen molar-refractivity contribution in [2.75, 3.05) is 0 Å². The van der Waals surface area contributed by atoms with Gasteiger partial charge in [-0.3, -0.25) is 0 Å². The Balaban J connectivity index is 0.00000112. The van der Waals surface area contributed by atoms with Gasteiger partial charge in [-0.2, -0.15) is 0 Å². The number of fused-ring (bicyclic) bond motifs is 1. The minimum Gasteiger partial charge on any atom is -0.382 e. The van der Waals surface area contributed by atoms with Gasteiger partial charge in [-0.05, 0) is 12.1 Å². The lowest BCUT2D eigenvalue weighted by molar-refractivity contribution is 0.232. The SMILES string of the molecule is C.C[Si](C)(C)C1=Cc2ccccc2ON1. The van der Waals surface area contributed by atoms with Crippen molar-refractivity contribution in [3.05, 3.63) is 35.1 Å². The quantitative estimate of drug-likeness (QED) is 0.734. The van der Waals surface area contributed by atoms with Crippen LogP contribution < -0.4 is 10.3 Å². The lowest BCUT2D eigenvalue weighted by atomic mass is 10.2. The van der Waals surface area contributed by atoms with Crippen LogP contribution in [0.4, 0.5) is 0 Å². The highest BCUT2D eigenvalue weighted by atomic mass is 28.3. The van der Waals surface area contributed by atoms with Crippen LogP contribution in [-0.2, 0) is 0 Å². The first-order chi connectivity index (χ1) is 6.57. The summed E-state index contributed by atoms with van der Waals surface area (Å²) in [6.45, 7) is 6.88. The molecule has 0 saturated carbocycles. The van der Waals surface area contributed by atoms with Gasteiger partial charge in [0.25, 0.3) is 0 Å². The lowest BCUT2D eigenvalue weighted by Gasteiger charge is -2.26. The van der Waals surface area contributed by atoms with E-state index in [1.54, 1.807) is 0 Å². The van der Waals surface area contributed by atoms with Crippen LogP contribution in [0.3, 0.4) is 0 Å². The summed E-state index contributed by atoms with van der Waals surface area (Å²) in [6.07, 6.45) is 2.20. The van der Waals surface area contributed by atoms with Gasteiger partial charge < -0.3 is 4.84 Å². The fourth-order valence-corrected chi connectivity index (χ4v) is 2.30. The highest BCUT2D eigenvalue weighted by molar-refractivity contribution is 6.83. The fourth-order valence-electron chi connectivity index (χ4n) is 1.36. The van der Waals surface area contributed by atoms with E-state index in [4.69, 9.17) is 4.84 Å². The van der Waals surface area contributed by atoms with E-state index in [1.807, 2.05) is 18.2 Å². The molecule has 0 amide bonds. The summed E-state index contributed by atoms with van der Waals surface area (Å²) in [6, 6.07) is 8.07. The first-order valence-electron chi connectivity index (χ1n) is 4.81. The van der Waals surface area contributed by atoms with Crippen LogP contribution in [0.5, 0.6) is 5.75 Å². The van der Waals surface area contributed by atoms with Crippen molar-refractivity contribution in [1.82, 2.24) is 5.48 Å². The maximum atomic E-state index is 5.48. The van der Waals surface area contributed by atoms with Crippen LogP contribution in [0.1, 0.15) is 13.0 Å². The highest BCUT2D eigenvalue weighted by Gasteiger charge is 2.23. The van der Waals surface area contributed by atoms with Crippen LogP contribution in [-0.4, -0.2) is 8.07 Å². The smallest absolute Gasteiger partial charge is 0.162 e. The molecule has 1 aromatic rings. The van der Waals surface area contributed by atoms with Gasteiger partial charge in [0, 0.05) is 10.9 Å². The first-order valence-corrected chi connectivity index (χ1v) is 8.31. The molecule has 3 heteroatoms.